The largest absolute Gasteiger partial charge is 0.341 e. The van der Waals surface area contributed by atoms with E-state index in [2.05, 4.69) is 4.72 Å². The monoisotopic (exact) mass is 380 g/mol. The quantitative estimate of drug-likeness (QED) is 0.699. The van der Waals surface area contributed by atoms with E-state index in [1.807, 2.05) is 0 Å². The summed E-state index contributed by atoms with van der Waals surface area (Å²) in [7, 11) is -6.66. The van der Waals surface area contributed by atoms with Gasteiger partial charge in [0.05, 0.1) is 16.3 Å². The highest BCUT2D eigenvalue weighted by atomic mass is 32.2. The number of hydrogen-bond donors (Lipinski definition) is 1. The second kappa shape index (κ2) is 7.70. The molecule has 2 fully saturated rings. The van der Waals surface area contributed by atoms with E-state index < -0.39 is 25.1 Å². The summed E-state index contributed by atoms with van der Waals surface area (Å²) in [6.45, 7) is 4.02. The molecule has 2 rings (SSSR count). The Labute approximate surface area is 145 Å². The van der Waals surface area contributed by atoms with Crippen molar-refractivity contribution in [1.82, 2.24) is 9.62 Å². The van der Waals surface area contributed by atoms with Gasteiger partial charge in [-0.1, -0.05) is 12.8 Å². The maximum atomic E-state index is 12.2. The Morgan fingerprint density at radius 2 is 1.71 bits per heavy atom. The van der Waals surface area contributed by atoms with Crippen LogP contribution in [0.1, 0.15) is 52.4 Å². The Hall–Kier alpha value is -0.670. The Morgan fingerprint density at radius 1 is 1.08 bits per heavy atom. The van der Waals surface area contributed by atoms with Crippen LogP contribution in [0.4, 0.5) is 0 Å². The molecule has 0 bridgehead atoms. The third-order valence-corrected chi connectivity index (χ3v) is 9.07. The van der Waals surface area contributed by atoms with E-state index in [1.165, 1.54) is 4.90 Å². The number of sulfonamides is 1. The fraction of sp³-hybridized carbons (Fsp3) is 0.933. The number of sulfone groups is 1. The van der Waals surface area contributed by atoms with Crippen LogP contribution in [0.5, 0.6) is 0 Å². The van der Waals surface area contributed by atoms with Gasteiger partial charge in [-0.05, 0) is 33.1 Å². The van der Waals surface area contributed by atoms with Crippen molar-refractivity contribution < 1.29 is 21.6 Å². The average molecular weight is 381 g/mol. The van der Waals surface area contributed by atoms with E-state index in [1.54, 1.807) is 13.8 Å². The van der Waals surface area contributed by atoms with Gasteiger partial charge in [-0.3, -0.25) is 4.79 Å². The van der Waals surface area contributed by atoms with Crippen LogP contribution in [0.15, 0.2) is 0 Å². The van der Waals surface area contributed by atoms with Crippen LogP contribution in [-0.2, 0) is 24.7 Å². The lowest BCUT2D eigenvalue weighted by atomic mass is 10.4. The predicted molar refractivity (Wildman–Crippen MR) is 92.8 cm³/mol. The summed E-state index contributed by atoms with van der Waals surface area (Å²) in [5, 5.41) is -0.914. The first kappa shape index (κ1) is 19.7. The van der Waals surface area contributed by atoms with Gasteiger partial charge in [0.15, 0.2) is 9.84 Å². The molecule has 1 N–H and O–H groups in total. The number of carbonyl (C=O) groups is 1. The Bertz CT molecular complexity index is 651. The summed E-state index contributed by atoms with van der Waals surface area (Å²) >= 11 is 0. The molecule has 0 aromatic carbocycles. The highest BCUT2D eigenvalue weighted by molar-refractivity contribution is 7.92. The van der Waals surface area contributed by atoms with Crippen LogP contribution in [-0.4, -0.2) is 63.0 Å². The summed E-state index contributed by atoms with van der Waals surface area (Å²) in [5.41, 5.74) is 0. The molecule has 2 aliphatic rings. The zero-order valence-corrected chi connectivity index (χ0v) is 16.0. The second-order valence-electron chi connectivity index (χ2n) is 7.09. The Balaban J connectivity index is 1.86. The van der Waals surface area contributed by atoms with Crippen molar-refractivity contribution in [3.8, 4) is 0 Å². The van der Waals surface area contributed by atoms with Crippen LogP contribution in [0.25, 0.3) is 0 Å². The van der Waals surface area contributed by atoms with Crippen LogP contribution in [0.2, 0.25) is 0 Å². The third kappa shape index (κ3) is 4.92. The molecule has 24 heavy (non-hydrogen) atoms. The fourth-order valence-corrected chi connectivity index (χ4v) is 6.92. The molecule has 0 radical (unpaired) electrons. The molecule has 1 saturated carbocycles. The topological polar surface area (TPSA) is 101 Å². The van der Waals surface area contributed by atoms with Crippen LogP contribution >= 0.6 is 0 Å². The van der Waals surface area contributed by atoms with Gasteiger partial charge >= 0.3 is 0 Å². The van der Waals surface area contributed by atoms with Gasteiger partial charge in [0.25, 0.3) is 0 Å². The van der Waals surface area contributed by atoms with Gasteiger partial charge in [-0.15, -0.1) is 0 Å². The molecule has 7 nitrogen and oxygen atoms in total. The molecule has 0 unspecified atom stereocenters. The number of hydrogen-bond acceptors (Lipinski definition) is 5. The molecule has 0 aromatic heterocycles. The number of rotatable bonds is 7. The average Bonchev–Trinajstić information content (AvgIpc) is 3.14. The number of nitrogens with one attached hydrogen (secondary N) is 1. The molecule has 1 amide bonds. The van der Waals surface area contributed by atoms with Crippen molar-refractivity contribution in [2.24, 2.45) is 0 Å². The van der Waals surface area contributed by atoms with Gasteiger partial charge in [0.1, 0.15) is 0 Å². The highest BCUT2D eigenvalue weighted by Crippen LogP contribution is 2.26. The number of carbonyl (C=O) groups excluding carboxylic acids is 1. The van der Waals surface area contributed by atoms with E-state index in [0.717, 1.165) is 12.8 Å². The summed E-state index contributed by atoms with van der Waals surface area (Å²) in [6.07, 6.45) is 3.61. The Kier molecular flexibility index (Phi) is 6.30. The summed E-state index contributed by atoms with van der Waals surface area (Å²) in [4.78, 5) is 13.7. The highest BCUT2D eigenvalue weighted by Gasteiger charge is 2.36. The van der Waals surface area contributed by atoms with Gasteiger partial charge < -0.3 is 4.90 Å². The van der Waals surface area contributed by atoms with Gasteiger partial charge in [-0.25, -0.2) is 21.6 Å². The second-order valence-corrected chi connectivity index (χ2v) is 11.5. The van der Waals surface area contributed by atoms with Crippen LogP contribution in [0.3, 0.4) is 0 Å². The van der Waals surface area contributed by atoms with Crippen LogP contribution in [0, 0.1) is 0 Å². The molecular weight excluding hydrogens is 352 g/mol. The minimum Gasteiger partial charge on any atom is -0.341 e. The maximum absolute atomic E-state index is 12.2. The first-order valence-corrected chi connectivity index (χ1v) is 11.9. The van der Waals surface area contributed by atoms with Gasteiger partial charge in [0.2, 0.25) is 15.9 Å². The lowest BCUT2D eigenvalue weighted by Crippen LogP contribution is -2.40. The Morgan fingerprint density at radius 3 is 2.29 bits per heavy atom. The van der Waals surface area contributed by atoms with Crippen molar-refractivity contribution in [1.29, 1.82) is 0 Å². The van der Waals surface area contributed by atoms with E-state index in [4.69, 9.17) is 0 Å². The van der Waals surface area contributed by atoms with Crippen molar-refractivity contribution >= 4 is 25.8 Å². The maximum Gasteiger partial charge on any atom is 0.223 e. The molecular formula is C15H28N2O5S2. The lowest BCUT2D eigenvalue weighted by Gasteiger charge is -2.18. The van der Waals surface area contributed by atoms with E-state index in [0.29, 0.717) is 25.8 Å². The predicted octanol–water partition coefficient (Wildman–Crippen LogP) is 0.663. The van der Waals surface area contributed by atoms with E-state index in [9.17, 15) is 21.6 Å². The van der Waals surface area contributed by atoms with Gasteiger partial charge in [-0.2, -0.15) is 0 Å². The van der Waals surface area contributed by atoms with Crippen LogP contribution < -0.4 is 4.72 Å². The standard InChI is InChI=1S/C15H28N2O5S2/c1-12(2)16-24(21,22)14-7-9-17(11-14)15(18)8-10-23(19,20)13-5-3-4-6-13/h12-14,16H,3-11H2,1-2H3/t14-/m1/s1. The fourth-order valence-electron chi connectivity index (χ4n) is 3.43. The van der Waals surface area contributed by atoms with E-state index >= 15 is 0 Å². The normalized spacial score (nSPS) is 23.3. The molecule has 0 spiro atoms. The number of nitrogens with zero attached hydrogens (tertiary/aromatic N) is 1. The molecule has 0 aromatic rings. The zero-order valence-electron chi connectivity index (χ0n) is 14.4. The molecule has 1 atom stereocenters. The van der Waals surface area contributed by atoms with E-state index in [-0.39, 0.29) is 35.9 Å². The third-order valence-electron chi connectivity index (χ3n) is 4.75. The smallest absolute Gasteiger partial charge is 0.223 e. The van der Waals surface area contributed by atoms with Crippen molar-refractivity contribution in [3.63, 3.8) is 0 Å². The zero-order chi connectivity index (χ0) is 18.0. The summed E-state index contributed by atoms with van der Waals surface area (Å²) < 4.78 is 51.3. The molecule has 140 valence electrons. The lowest BCUT2D eigenvalue weighted by molar-refractivity contribution is -0.129. The summed E-state index contributed by atoms with van der Waals surface area (Å²) in [6, 6.07) is -0.184. The summed E-state index contributed by atoms with van der Waals surface area (Å²) in [5.74, 6) is -0.395. The minimum absolute atomic E-state index is 0.0524. The molecule has 1 heterocycles. The van der Waals surface area contributed by atoms with Crippen molar-refractivity contribution in [2.75, 3.05) is 18.8 Å². The molecule has 9 heteroatoms. The molecule has 1 saturated heterocycles. The first-order valence-electron chi connectivity index (χ1n) is 8.62. The SMILES string of the molecule is CC(C)NS(=O)(=O)[C@@H]1CCN(C(=O)CCS(=O)(=O)C2CCCC2)C1. The first-order chi connectivity index (χ1) is 11.1. The number of amides is 1. The molecule has 1 aliphatic heterocycles. The van der Waals surface area contributed by atoms with Crippen molar-refractivity contribution in [3.05, 3.63) is 0 Å². The van der Waals surface area contributed by atoms with Gasteiger partial charge in [0, 0.05) is 25.6 Å². The number of likely N-dealkylation sites (tertiary alicyclic amines) is 1. The minimum atomic E-state index is -3.44. The van der Waals surface area contributed by atoms with Crippen molar-refractivity contribution in [2.45, 2.75) is 68.9 Å². The molecule has 1 aliphatic carbocycles.